The van der Waals surface area contributed by atoms with Gasteiger partial charge in [0.15, 0.2) is 12.2 Å². The topological polar surface area (TPSA) is 108 Å². The summed E-state index contributed by atoms with van der Waals surface area (Å²) in [4.78, 5) is 39.1. The van der Waals surface area contributed by atoms with Gasteiger partial charge in [0.2, 0.25) is 0 Å². The quantitative estimate of drug-likeness (QED) is 0.0278. The van der Waals surface area contributed by atoms with Gasteiger partial charge in [-0.1, -0.05) is 211 Å². The number of aliphatic hydroxyl groups excluding tert-OH is 1. The van der Waals surface area contributed by atoms with Crippen LogP contribution in [0.5, 0.6) is 0 Å². The molecular formula is C60H108O8. The van der Waals surface area contributed by atoms with Crippen molar-refractivity contribution < 1.29 is 38.4 Å². The molecule has 0 saturated carbocycles. The van der Waals surface area contributed by atoms with E-state index < -0.39 is 36.4 Å². The van der Waals surface area contributed by atoms with E-state index in [4.69, 9.17) is 18.9 Å². The minimum atomic E-state index is -1.06. The van der Waals surface area contributed by atoms with E-state index in [2.05, 4.69) is 57.2 Å². The summed E-state index contributed by atoms with van der Waals surface area (Å²) >= 11 is 0. The average Bonchev–Trinajstić information content (AvgIpc) is 3.69. The summed E-state index contributed by atoms with van der Waals surface area (Å²) < 4.78 is 23.3. The second-order valence-corrected chi connectivity index (χ2v) is 20.0. The highest BCUT2D eigenvalue weighted by molar-refractivity contribution is 5.71. The normalized spacial score (nSPS) is 16.7. The monoisotopic (exact) mass is 957 g/mol. The maximum absolute atomic E-state index is 13.2. The van der Waals surface area contributed by atoms with Crippen molar-refractivity contribution in [1.29, 1.82) is 0 Å². The van der Waals surface area contributed by atoms with Gasteiger partial charge >= 0.3 is 17.9 Å². The number of rotatable bonds is 50. The van der Waals surface area contributed by atoms with E-state index in [1.165, 1.54) is 135 Å². The first-order valence-corrected chi connectivity index (χ1v) is 29.2. The van der Waals surface area contributed by atoms with Crippen molar-refractivity contribution in [2.45, 2.75) is 315 Å². The summed E-state index contributed by atoms with van der Waals surface area (Å²) in [5, 5.41) is 10.9. The molecule has 396 valence electrons. The molecule has 4 atom stereocenters. The number of hydrogen-bond acceptors (Lipinski definition) is 8. The van der Waals surface area contributed by atoms with E-state index in [1.807, 2.05) is 0 Å². The van der Waals surface area contributed by atoms with E-state index in [9.17, 15) is 19.5 Å². The predicted octanol–water partition coefficient (Wildman–Crippen LogP) is 17.2. The molecule has 1 rings (SSSR count). The molecule has 1 N–H and O–H groups in total. The minimum absolute atomic E-state index is 0.0544. The van der Waals surface area contributed by atoms with Crippen LogP contribution < -0.4 is 0 Å². The number of unbranched alkanes of at least 4 members (excludes halogenated alkanes) is 33. The Bertz CT molecular complexity index is 1230. The molecule has 0 amide bonds. The van der Waals surface area contributed by atoms with Crippen LogP contribution in [0.3, 0.4) is 0 Å². The van der Waals surface area contributed by atoms with E-state index in [1.54, 1.807) is 0 Å². The molecule has 0 bridgehead atoms. The van der Waals surface area contributed by atoms with Crippen LogP contribution in [0.25, 0.3) is 0 Å². The SMILES string of the molecule is CCCCCCCC/C=C\CCCCCCCC(=O)OCC(OC(=O)CCCCCCC/C=C\CCCCCCCC)[C@H]1OC[C@H](O)[C@@H]1OC(=O)CCCCCCC/C=C\CCCCCCCC. The summed E-state index contributed by atoms with van der Waals surface area (Å²) in [6.07, 6.45) is 56.7. The number of carbonyl (C=O) groups is 3. The zero-order valence-corrected chi connectivity index (χ0v) is 44.7. The summed E-state index contributed by atoms with van der Waals surface area (Å²) in [6, 6.07) is 0. The highest BCUT2D eigenvalue weighted by Crippen LogP contribution is 2.25. The number of carbonyl (C=O) groups excluding carboxylic acids is 3. The number of aliphatic hydroxyl groups is 1. The molecule has 1 heterocycles. The lowest BCUT2D eigenvalue weighted by molar-refractivity contribution is -0.177. The van der Waals surface area contributed by atoms with Gasteiger partial charge in [-0.25, -0.2) is 0 Å². The number of allylic oxidation sites excluding steroid dienone is 6. The van der Waals surface area contributed by atoms with Gasteiger partial charge in [0.05, 0.1) is 6.61 Å². The molecule has 1 unspecified atom stereocenters. The fourth-order valence-electron chi connectivity index (χ4n) is 8.98. The zero-order valence-electron chi connectivity index (χ0n) is 44.7. The molecule has 8 nitrogen and oxygen atoms in total. The summed E-state index contributed by atoms with van der Waals surface area (Å²) in [6.45, 7) is 6.51. The highest BCUT2D eigenvalue weighted by Gasteiger charge is 2.46. The van der Waals surface area contributed by atoms with Crippen molar-refractivity contribution in [2.24, 2.45) is 0 Å². The van der Waals surface area contributed by atoms with Crippen molar-refractivity contribution in [3.63, 3.8) is 0 Å². The van der Waals surface area contributed by atoms with Crippen LogP contribution in [0.1, 0.15) is 290 Å². The van der Waals surface area contributed by atoms with Crippen molar-refractivity contribution in [3.05, 3.63) is 36.5 Å². The molecule has 0 spiro atoms. The molecule has 1 fully saturated rings. The lowest BCUT2D eigenvalue weighted by atomic mass is 10.1. The van der Waals surface area contributed by atoms with Gasteiger partial charge < -0.3 is 24.1 Å². The maximum Gasteiger partial charge on any atom is 0.306 e. The molecule has 1 saturated heterocycles. The largest absolute Gasteiger partial charge is 0.462 e. The lowest BCUT2D eigenvalue weighted by Crippen LogP contribution is -2.46. The van der Waals surface area contributed by atoms with Crippen LogP contribution in [-0.2, 0) is 33.3 Å². The molecule has 0 aromatic heterocycles. The van der Waals surface area contributed by atoms with Crippen LogP contribution in [0, 0.1) is 0 Å². The third-order valence-corrected chi connectivity index (χ3v) is 13.4. The predicted molar refractivity (Wildman–Crippen MR) is 285 cm³/mol. The van der Waals surface area contributed by atoms with Gasteiger partial charge in [-0.05, 0) is 96.3 Å². The standard InChI is InChI=1S/C60H108O8/c1-4-7-10-13-16-19-22-25-28-31-34-37-40-43-46-49-56(62)65-53-55(67-57(63)50-47-44-41-38-35-32-29-26-23-20-17-14-11-8-5-2)60-59(54(61)52-66-60)68-58(64)51-48-45-42-39-36-33-30-27-24-21-18-15-12-9-6-3/h25-30,54-55,59-61H,4-24,31-53H2,1-3H3/b28-25-,29-26-,30-27-/t54-,55?,59-,60+/m0/s1. The van der Waals surface area contributed by atoms with Crippen molar-refractivity contribution in [2.75, 3.05) is 13.2 Å². The molecule has 0 radical (unpaired) electrons. The molecule has 0 aromatic carbocycles. The van der Waals surface area contributed by atoms with Gasteiger partial charge in [-0.15, -0.1) is 0 Å². The van der Waals surface area contributed by atoms with Crippen molar-refractivity contribution in [3.8, 4) is 0 Å². The number of esters is 3. The van der Waals surface area contributed by atoms with E-state index >= 15 is 0 Å². The molecule has 8 heteroatoms. The van der Waals surface area contributed by atoms with Crippen LogP contribution in [-0.4, -0.2) is 60.6 Å². The van der Waals surface area contributed by atoms with E-state index in [0.29, 0.717) is 12.8 Å². The number of hydrogen-bond donors (Lipinski definition) is 1. The van der Waals surface area contributed by atoms with Gasteiger partial charge in [0.1, 0.15) is 18.8 Å². The fourth-order valence-corrected chi connectivity index (χ4v) is 8.98. The summed E-state index contributed by atoms with van der Waals surface area (Å²) in [5.41, 5.74) is 0. The van der Waals surface area contributed by atoms with Crippen LogP contribution in [0.4, 0.5) is 0 Å². The fraction of sp³-hybridized carbons (Fsp3) is 0.850. The minimum Gasteiger partial charge on any atom is -0.462 e. The first-order chi connectivity index (χ1) is 33.4. The van der Waals surface area contributed by atoms with Gasteiger partial charge in [-0.3, -0.25) is 14.4 Å². The van der Waals surface area contributed by atoms with Crippen molar-refractivity contribution >= 4 is 17.9 Å². The first kappa shape index (κ1) is 63.6. The Kier molecular flexibility index (Phi) is 46.3. The molecule has 0 aromatic rings. The van der Waals surface area contributed by atoms with E-state index in [0.717, 1.165) is 103 Å². The lowest BCUT2D eigenvalue weighted by Gasteiger charge is -2.28. The average molecular weight is 958 g/mol. The third-order valence-electron chi connectivity index (χ3n) is 13.4. The Morgan fingerprint density at radius 2 is 0.750 bits per heavy atom. The smallest absolute Gasteiger partial charge is 0.306 e. The Morgan fingerprint density at radius 1 is 0.441 bits per heavy atom. The zero-order chi connectivity index (χ0) is 49.2. The van der Waals surface area contributed by atoms with Crippen molar-refractivity contribution in [1.82, 2.24) is 0 Å². The Labute approximate surface area is 419 Å². The molecular weight excluding hydrogens is 849 g/mol. The Hall–Kier alpha value is -2.45. The maximum atomic E-state index is 13.2. The van der Waals surface area contributed by atoms with Crippen LogP contribution in [0.15, 0.2) is 36.5 Å². The second-order valence-electron chi connectivity index (χ2n) is 20.0. The first-order valence-electron chi connectivity index (χ1n) is 29.2. The highest BCUT2D eigenvalue weighted by atomic mass is 16.6. The van der Waals surface area contributed by atoms with Gasteiger partial charge in [0, 0.05) is 19.3 Å². The van der Waals surface area contributed by atoms with Gasteiger partial charge in [0.25, 0.3) is 0 Å². The number of ether oxygens (including phenoxy) is 4. The van der Waals surface area contributed by atoms with E-state index in [-0.39, 0.29) is 38.4 Å². The molecule has 0 aliphatic carbocycles. The van der Waals surface area contributed by atoms with Gasteiger partial charge in [-0.2, -0.15) is 0 Å². The molecule has 68 heavy (non-hydrogen) atoms. The summed E-state index contributed by atoms with van der Waals surface area (Å²) in [7, 11) is 0. The molecule has 1 aliphatic heterocycles. The van der Waals surface area contributed by atoms with Crippen LogP contribution in [0.2, 0.25) is 0 Å². The third kappa shape index (κ3) is 40.3. The Balaban J connectivity index is 2.50. The second kappa shape index (κ2) is 49.5. The van der Waals surface area contributed by atoms with Crippen LogP contribution >= 0.6 is 0 Å². The summed E-state index contributed by atoms with van der Waals surface area (Å²) in [5.74, 6) is -1.15. The molecule has 1 aliphatic rings. The Morgan fingerprint density at radius 3 is 1.12 bits per heavy atom.